The van der Waals surface area contributed by atoms with Crippen LogP contribution in [-0.4, -0.2) is 18.3 Å². The van der Waals surface area contributed by atoms with E-state index in [4.69, 9.17) is 4.74 Å². The molecule has 0 aromatic carbocycles. The van der Waals surface area contributed by atoms with Gasteiger partial charge in [0.25, 0.3) is 0 Å². The van der Waals surface area contributed by atoms with Gasteiger partial charge in [-0.2, -0.15) is 0 Å². The van der Waals surface area contributed by atoms with Gasteiger partial charge in [-0.25, -0.2) is 0 Å². The number of thiophene rings is 1. The Morgan fingerprint density at radius 3 is 2.53 bits per heavy atom. The number of hydrogen-bond donors (Lipinski definition) is 1. The monoisotopic (exact) mass is 228 g/mol. The predicted octanol–water partition coefficient (Wildman–Crippen LogP) is 3.12. The van der Waals surface area contributed by atoms with Crippen molar-refractivity contribution in [3.05, 3.63) is 21.9 Å². The van der Waals surface area contributed by atoms with Crippen LogP contribution in [0.25, 0.3) is 0 Å². The summed E-state index contributed by atoms with van der Waals surface area (Å²) in [6.07, 6.45) is -0.481. The second-order valence-electron chi connectivity index (χ2n) is 4.63. The van der Waals surface area contributed by atoms with Gasteiger partial charge in [0.1, 0.15) is 6.10 Å². The van der Waals surface area contributed by atoms with E-state index in [2.05, 4.69) is 26.8 Å². The van der Waals surface area contributed by atoms with Crippen molar-refractivity contribution in [1.82, 2.24) is 0 Å². The first-order chi connectivity index (χ1) is 6.95. The van der Waals surface area contributed by atoms with E-state index in [9.17, 15) is 5.11 Å². The minimum Gasteiger partial charge on any atom is -0.385 e. The molecule has 0 amide bonds. The third-order valence-electron chi connectivity index (χ3n) is 2.17. The van der Waals surface area contributed by atoms with E-state index >= 15 is 0 Å². The summed E-state index contributed by atoms with van der Waals surface area (Å²) in [7, 11) is 0. The minimum absolute atomic E-state index is 0.161. The van der Waals surface area contributed by atoms with Gasteiger partial charge >= 0.3 is 0 Å². The van der Waals surface area contributed by atoms with Gasteiger partial charge in [0.2, 0.25) is 0 Å². The summed E-state index contributed by atoms with van der Waals surface area (Å²) < 4.78 is 5.20. The van der Waals surface area contributed by atoms with E-state index in [1.807, 2.05) is 13.0 Å². The number of hydrogen-bond acceptors (Lipinski definition) is 3. The molecule has 1 atom stereocenters. The van der Waals surface area contributed by atoms with Crippen molar-refractivity contribution in [3.63, 3.8) is 0 Å². The molecule has 1 heterocycles. The molecular weight excluding hydrogens is 208 g/mol. The summed E-state index contributed by atoms with van der Waals surface area (Å²) >= 11 is 1.67. The van der Waals surface area contributed by atoms with E-state index in [-0.39, 0.29) is 5.41 Å². The van der Waals surface area contributed by atoms with Crippen LogP contribution in [0.4, 0.5) is 0 Å². The van der Waals surface area contributed by atoms with Crippen LogP contribution in [0.3, 0.4) is 0 Å². The van der Waals surface area contributed by atoms with Crippen LogP contribution in [0.5, 0.6) is 0 Å². The van der Waals surface area contributed by atoms with Gasteiger partial charge in [-0.3, -0.25) is 0 Å². The number of aliphatic hydroxyl groups excluding tert-OH is 1. The van der Waals surface area contributed by atoms with Crippen molar-refractivity contribution in [2.24, 2.45) is 0 Å². The molecule has 15 heavy (non-hydrogen) atoms. The summed E-state index contributed by atoms with van der Waals surface area (Å²) in [5.41, 5.74) is 0.161. The molecule has 0 fully saturated rings. The lowest BCUT2D eigenvalue weighted by Gasteiger charge is -2.15. The summed E-state index contributed by atoms with van der Waals surface area (Å²) in [5, 5.41) is 9.82. The Morgan fingerprint density at radius 2 is 2.07 bits per heavy atom. The molecule has 0 spiro atoms. The molecule has 0 saturated carbocycles. The third kappa shape index (κ3) is 3.59. The highest BCUT2D eigenvalue weighted by Crippen LogP contribution is 2.32. The van der Waals surface area contributed by atoms with Crippen LogP contribution in [0.1, 0.15) is 43.6 Å². The van der Waals surface area contributed by atoms with Crippen LogP contribution in [0.2, 0.25) is 0 Å². The van der Waals surface area contributed by atoms with Gasteiger partial charge in [0.15, 0.2) is 0 Å². The van der Waals surface area contributed by atoms with Gasteiger partial charge < -0.3 is 9.84 Å². The van der Waals surface area contributed by atoms with Crippen molar-refractivity contribution in [2.45, 2.75) is 39.2 Å². The molecule has 1 aromatic heterocycles. The minimum atomic E-state index is -0.481. The highest BCUT2D eigenvalue weighted by atomic mass is 32.1. The zero-order valence-electron chi connectivity index (χ0n) is 9.91. The second kappa shape index (κ2) is 5.10. The van der Waals surface area contributed by atoms with Gasteiger partial charge in [0.05, 0.1) is 6.61 Å². The van der Waals surface area contributed by atoms with Crippen LogP contribution < -0.4 is 0 Å². The maximum atomic E-state index is 9.82. The quantitative estimate of drug-likeness (QED) is 0.858. The summed E-state index contributed by atoms with van der Waals surface area (Å²) in [6.45, 7) is 9.50. The van der Waals surface area contributed by atoms with Gasteiger partial charge in [-0.15, -0.1) is 11.3 Å². The standard InChI is InChI=1S/C12H20O2S/c1-5-14-8-9(13)10-6-7-11(15-10)12(2,3)4/h6-7,9,13H,5,8H2,1-4H3. The van der Waals surface area contributed by atoms with E-state index < -0.39 is 6.10 Å². The Morgan fingerprint density at radius 1 is 1.40 bits per heavy atom. The molecule has 0 saturated heterocycles. The molecular formula is C12H20O2S. The Bertz CT molecular complexity index is 299. The second-order valence-corrected chi connectivity index (χ2v) is 5.74. The van der Waals surface area contributed by atoms with E-state index in [1.165, 1.54) is 4.88 Å². The van der Waals surface area contributed by atoms with Gasteiger partial charge in [-0.05, 0) is 24.5 Å². The van der Waals surface area contributed by atoms with Crippen LogP contribution >= 0.6 is 11.3 Å². The van der Waals surface area contributed by atoms with Gasteiger partial charge in [0, 0.05) is 16.4 Å². The Kier molecular flexibility index (Phi) is 4.32. The Labute approximate surface area is 95.9 Å². The van der Waals surface area contributed by atoms with Crippen molar-refractivity contribution < 1.29 is 9.84 Å². The first-order valence-electron chi connectivity index (χ1n) is 5.31. The average Bonchev–Trinajstić information content (AvgIpc) is 2.62. The highest BCUT2D eigenvalue weighted by Gasteiger charge is 2.18. The fourth-order valence-corrected chi connectivity index (χ4v) is 2.28. The lowest BCUT2D eigenvalue weighted by molar-refractivity contribution is 0.0439. The van der Waals surface area contributed by atoms with Crippen molar-refractivity contribution in [2.75, 3.05) is 13.2 Å². The zero-order valence-corrected chi connectivity index (χ0v) is 10.7. The molecule has 0 aliphatic heterocycles. The molecule has 86 valence electrons. The van der Waals surface area contributed by atoms with Gasteiger partial charge in [-0.1, -0.05) is 20.8 Å². The van der Waals surface area contributed by atoms with Crippen LogP contribution in [0.15, 0.2) is 12.1 Å². The normalized spacial score (nSPS) is 14.2. The molecule has 1 aromatic rings. The van der Waals surface area contributed by atoms with Crippen molar-refractivity contribution in [3.8, 4) is 0 Å². The molecule has 0 aliphatic carbocycles. The molecule has 3 heteroatoms. The predicted molar refractivity (Wildman–Crippen MR) is 64.5 cm³/mol. The van der Waals surface area contributed by atoms with Crippen molar-refractivity contribution >= 4 is 11.3 Å². The van der Waals surface area contributed by atoms with E-state index in [0.717, 1.165) is 4.88 Å². The summed E-state index contributed by atoms with van der Waals surface area (Å²) in [4.78, 5) is 2.29. The SMILES string of the molecule is CCOCC(O)c1ccc(C(C)(C)C)s1. The Balaban J connectivity index is 2.67. The average molecular weight is 228 g/mol. The lowest BCUT2D eigenvalue weighted by Crippen LogP contribution is -2.08. The zero-order chi connectivity index (χ0) is 11.5. The fraction of sp³-hybridized carbons (Fsp3) is 0.667. The summed E-state index contributed by atoms with van der Waals surface area (Å²) in [5.74, 6) is 0. The maximum absolute atomic E-state index is 9.82. The molecule has 0 bridgehead atoms. The fourth-order valence-electron chi connectivity index (χ4n) is 1.25. The largest absolute Gasteiger partial charge is 0.385 e. The molecule has 0 radical (unpaired) electrons. The highest BCUT2D eigenvalue weighted by molar-refractivity contribution is 7.12. The lowest BCUT2D eigenvalue weighted by atomic mass is 9.95. The Hall–Kier alpha value is -0.380. The van der Waals surface area contributed by atoms with Crippen molar-refractivity contribution in [1.29, 1.82) is 0 Å². The molecule has 1 N–H and O–H groups in total. The maximum Gasteiger partial charge on any atom is 0.111 e. The first kappa shape index (κ1) is 12.7. The number of ether oxygens (including phenoxy) is 1. The number of rotatable bonds is 4. The third-order valence-corrected chi connectivity index (χ3v) is 3.79. The van der Waals surface area contributed by atoms with Crippen LogP contribution in [-0.2, 0) is 10.2 Å². The van der Waals surface area contributed by atoms with Crippen LogP contribution in [0, 0.1) is 0 Å². The topological polar surface area (TPSA) is 29.5 Å². The summed E-state index contributed by atoms with van der Waals surface area (Å²) in [6, 6.07) is 4.09. The molecule has 2 nitrogen and oxygen atoms in total. The molecule has 1 rings (SSSR count). The first-order valence-corrected chi connectivity index (χ1v) is 6.13. The molecule has 1 unspecified atom stereocenters. The smallest absolute Gasteiger partial charge is 0.111 e. The molecule has 0 aliphatic rings. The van der Waals surface area contributed by atoms with E-state index in [1.54, 1.807) is 11.3 Å². The van der Waals surface area contributed by atoms with E-state index in [0.29, 0.717) is 13.2 Å². The number of aliphatic hydroxyl groups is 1.